The minimum absolute atomic E-state index is 0.912. The molecule has 0 N–H and O–H groups in total. The van der Waals surface area contributed by atoms with Crippen LogP contribution in [0.5, 0.6) is 0 Å². The van der Waals surface area contributed by atoms with Crippen molar-refractivity contribution in [2.75, 3.05) is 0 Å². The van der Waals surface area contributed by atoms with E-state index in [0.717, 1.165) is 5.92 Å². The molecule has 0 aliphatic rings. The Kier molecular flexibility index (Phi) is 5.20. The predicted molar refractivity (Wildman–Crippen MR) is 74.8 cm³/mol. The zero-order chi connectivity index (χ0) is 12.0. The molecule has 0 radical (unpaired) electrons. The Bertz CT molecular complexity index is 291. The normalized spacial score (nSPS) is 12.1. The first-order chi connectivity index (χ1) is 7.60. The third kappa shape index (κ3) is 3.74. The lowest BCUT2D eigenvalue weighted by Crippen LogP contribution is -2.43. The minimum Gasteiger partial charge on any atom is -0.266 e. The highest BCUT2D eigenvalue weighted by Crippen LogP contribution is 2.20. The second-order valence-corrected chi connectivity index (χ2v) is 10.1. The van der Waals surface area contributed by atoms with Gasteiger partial charge in [-0.15, -0.1) is 0 Å². The Hall–Kier alpha value is -0.633. The first-order valence-corrected chi connectivity index (χ1v) is 9.72. The van der Waals surface area contributed by atoms with Crippen LogP contribution in [0.3, 0.4) is 0 Å². The highest BCUT2D eigenvalue weighted by atomic mass is 28.3. The van der Waals surface area contributed by atoms with Crippen LogP contribution in [-0.4, -0.2) is 13.1 Å². The summed E-state index contributed by atoms with van der Waals surface area (Å²) in [5.74, 6) is 0.912. The molecule has 0 spiro atoms. The SMILES string of the molecule is CCC(CC)CC[Si](C)(C)c1ccccn1. The molecule has 1 aromatic rings. The van der Waals surface area contributed by atoms with Crippen LogP contribution >= 0.6 is 0 Å². The minimum atomic E-state index is -1.29. The lowest BCUT2D eigenvalue weighted by atomic mass is 10.0. The van der Waals surface area contributed by atoms with E-state index in [2.05, 4.69) is 44.1 Å². The zero-order valence-electron chi connectivity index (χ0n) is 11.2. The van der Waals surface area contributed by atoms with Gasteiger partial charge in [0.2, 0.25) is 0 Å². The summed E-state index contributed by atoms with van der Waals surface area (Å²) in [5.41, 5.74) is 0. The molecule has 0 bridgehead atoms. The molecule has 2 heteroatoms. The molecule has 0 aromatic carbocycles. The third-order valence-electron chi connectivity index (χ3n) is 3.69. The fourth-order valence-electron chi connectivity index (χ4n) is 2.15. The van der Waals surface area contributed by atoms with Gasteiger partial charge in [0, 0.05) is 11.5 Å². The molecule has 0 aliphatic heterocycles. The third-order valence-corrected chi connectivity index (χ3v) is 6.91. The molecule has 1 nitrogen and oxygen atoms in total. The van der Waals surface area contributed by atoms with Crippen molar-refractivity contribution in [3.8, 4) is 0 Å². The van der Waals surface area contributed by atoms with Gasteiger partial charge in [0.15, 0.2) is 0 Å². The van der Waals surface area contributed by atoms with E-state index in [0.29, 0.717) is 0 Å². The van der Waals surface area contributed by atoms with Crippen LogP contribution in [0, 0.1) is 5.92 Å². The maximum absolute atomic E-state index is 4.54. The number of nitrogens with zero attached hydrogens (tertiary/aromatic N) is 1. The summed E-state index contributed by atoms with van der Waals surface area (Å²) in [5, 5.41) is 1.36. The molecule has 1 rings (SSSR count). The Labute approximate surface area is 101 Å². The topological polar surface area (TPSA) is 12.9 Å². The van der Waals surface area contributed by atoms with E-state index in [1.54, 1.807) is 0 Å². The summed E-state index contributed by atoms with van der Waals surface area (Å²) in [6.07, 6.45) is 5.95. The highest BCUT2D eigenvalue weighted by Gasteiger charge is 2.25. The number of rotatable bonds is 6. The monoisotopic (exact) mass is 235 g/mol. The Morgan fingerprint density at radius 1 is 1.19 bits per heavy atom. The second-order valence-electron chi connectivity index (χ2n) is 5.32. The molecule has 0 atom stereocenters. The lowest BCUT2D eigenvalue weighted by molar-refractivity contribution is 0.475. The Morgan fingerprint density at radius 2 is 1.88 bits per heavy atom. The largest absolute Gasteiger partial charge is 0.266 e. The number of pyridine rings is 1. The van der Waals surface area contributed by atoms with Crippen molar-refractivity contribution in [3.05, 3.63) is 24.4 Å². The van der Waals surface area contributed by atoms with E-state index >= 15 is 0 Å². The standard InChI is InChI=1S/C14H25NSi/c1-5-13(6-2)10-12-16(3,4)14-9-7-8-11-15-14/h7-9,11,13H,5-6,10,12H2,1-4H3. The quantitative estimate of drug-likeness (QED) is 0.683. The summed E-state index contributed by atoms with van der Waals surface area (Å²) in [6.45, 7) is 9.50. The van der Waals surface area contributed by atoms with Gasteiger partial charge in [-0.05, 0) is 18.1 Å². The molecule has 1 heterocycles. The van der Waals surface area contributed by atoms with E-state index in [1.165, 1.54) is 30.6 Å². The van der Waals surface area contributed by atoms with Gasteiger partial charge >= 0.3 is 0 Å². The molecular formula is C14H25NSi. The van der Waals surface area contributed by atoms with Crippen LogP contribution in [0.15, 0.2) is 24.4 Å². The molecule has 0 aliphatic carbocycles. The van der Waals surface area contributed by atoms with E-state index < -0.39 is 8.07 Å². The van der Waals surface area contributed by atoms with E-state index in [-0.39, 0.29) is 0 Å². The Balaban J connectivity index is 2.58. The van der Waals surface area contributed by atoms with Crippen molar-refractivity contribution >= 4 is 13.4 Å². The molecule has 1 aromatic heterocycles. The first-order valence-electron chi connectivity index (χ1n) is 6.51. The molecule has 0 saturated carbocycles. The van der Waals surface area contributed by atoms with Gasteiger partial charge in [0.05, 0.1) is 0 Å². The average Bonchev–Trinajstić information content (AvgIpc) is 2.31. The summed E-state index contributed by atoms with van der Waals surface area (Å²) >= 11 is 0. The van der Waals surface area contributed by atoms with Crippen molar-refractivity contribution in [2.24, 2.45) is 5.92 Å². The van der Waals surface area contributed by atoms with Crippen LogP contribution < -0.4 is 5.32 Å². The van der Waals surface area contributed by atoms with Gasteiger partial charge in [0.25, 0.3) is 0 Å². The van der Waals surface area contributed by atoms with E-state index in [1.807, 2.05) is 12.3 Å². The van der Waals surface area contributed by atoms with Gasteiger partial charge < -0.3 is 0 Å². The number of hydrogen-bond donors (Lipinski definition) is 0. The fourth-order valence-corrected chi connectivity index (χ4v) is 4.51. The second kappa shape index (κ2) is 6.19. The number of aromatic nitrogens is 1. The van der Waals surface area contributed by atoms with Gasteiger partial charge in [-0.25, -0.2) is 0 Å². The molecule has 0 unspecified atom stereocenters. The smallest absolute Gasteiger partial charge is 0.104 e. The van der Waals surface area contributed by atoms with Crippen molar-refractivity contribution < 1.29 is 0 Å². The summed E-state index contributed by atoms with van der Waals surface area (Å²) in [7, 11) is -1.29. The van der Waals surface area contributed by atoms with Crippen LogP contribution in [-0.2, 0) is 0 Å². The fraction of sp³-hybridized carbons (Fsp3) is 0.643. The maximum Gasteiger partial charge on any atom is 0.104 e. The van der Waals surface area contributed by atoms with Crippen molar-refractivity contribution in [1.29, 1.82) is 0 Å². The van der Waals surface area contributed by atoms with Crippen LogP contribution in [0.4, 0.5) is 0 Å². The van der Waals surface area contributed by atoms with Gasteiger partial charge in [-0.3, -0.25) is 4.98 Å². The summed E-state index contributed by atoms with van der Waals surface area (Å²) < 4.78 is 0. The van der Waals surface area contributed by atoms with Gasteiger partial charge in [-0.2, -0.15) is 0 Å². The maximum atomic E-state index is 4.54. The van der Waals surface area contributed by atoms with Crippen LogP contribution in [0.25, 0.3) is 0 Å². The molecule has 16 heavy (non-hydrogen) atoms. The number of hydrogen-bond acceptors (Lipinski definition) is 1. The zero-order valence-corrected chi connectivity index (χ0v) is 12.2. The van der Waals surface area contributed by atoms with Gasteiger partial charge in [0.1, 0.15) is 8.07 Å². The first kappa shape index (κ1) is 13.4. The summed E-state index contributed by atoms with van der Waals surface area (Å²) in [4.78, 5) is 4.54. The highest BCUT2D eigenvalue weighted by molar-refractivity contribution is 6.89. The van der Waals surface area contributed by atoms with Crippen LogP contribution in [0.2, 0.25) is 19.1 Å². The molecule has 0 amide bonds. The van der Waals surface area contributed by atoms with Gasteiger partial charge in [-0.1, -0.05) is 58.3 Å². The molecule has 90 valence electrons. The molecule has 0 fully saturated rings. The van der Waals surface area contributed by atoms with Crippen LogP contribution in [0.1, 0.15) is 33.1 Å². The Morgan fingerprint density at radius 3 is 2.38 bits per heavy atom. The van der Waals surface area contributed by atoms with Crippen molar-refractivity contribution in [1.82, 2.24) is 4.98 Å². The van der Waals surface area contributed by atoms with E-state index in [9.17, 15) is 0 Å². The van der Waals surface area contributed by atoms with E-state index in [4.69, 9.17) is 0 Å². The molecular weight excluding hydrogens is 210 g/mol. The average molecular weight is 235 g/mol. The summed E-state index contributed by atoms with van der Waals surface area (Å²) in [6, 6.07) is 7.71. The van der Waals surface area contributed by atoms with Crippen molar-refractivity contribution in [3.63, 3.8) is 0 Å². The predicted octanol–water partition coefficient (Wildman–Crippen LogP) is 3.82. The molecule has 0 saturated heterocycles. The van der Waals surface area contributed by atoms with Crippen molar-refractivity contribution in [2.45, 2.75) is 52.2 Å². The lowest BCUT2D eigenvalue weighted by Gasteiger charge is -2.24.